The van der Waals surface area contributed by atoms with E-state index in [0.717, 1.165) is 16.7 Å². The van der Waals surface area contributed by atoms with Gasteiger partial charge in [0.05, 0.1) is 12.8 Å². The highest BCUT2D eigenvalue weighted by atomic mass is 16.5. The molecule has 1 aromatic carbocycles. The summed E-state index contributed by atoms with van der Waals surface area (Å²) in [7, 11) is 1.54. The van der Waals surface area contributed by atoms with Crippen molar-refractivity contribution in [1.82, 2.24) is 0 Å². The van der Waals surface area contributed by atoms with Crippen LogP contribution in [-0.2, 0) is 0 Å². The number of aryl methyl sites for hydroxylation is 2. The number of carbonyl (C=O) groups is 1. The summed E-state index contributed by atoms with van der Waals surface area (Å²) in [6.45, 7) is 5.72. The molecule has 82 valence electrons. The fraction of sp³-hybridized carbons (Fsp3) is 0.364. The minimum absolute atomic E-state index is 0.521. The van der Waals surface area contributed by atoms with Crippen LogP contribution in [0.4, 0.5) is 10.5 Å². The number of hydrogen-bond acceptors (Lipinski definition) is 2. The third kappa shape index (κ3) is 2.21. The minimum atomic E-state index is -1.08. The summed E-state index contributed by atoms with van der Waals surface area (Å²) in [5.74, 6) is 0.592. The summed E-state index contributed by atoms with van der Waals surface area (Å²) >= 11 is 0. The van der Waals surface area contributed by atoms with E-state index in [2.05, 4.69) is 5.32 Å². The molecule has 2 N–H and O–H groups in total. The first-order chi connectivity index (χ1) is 6.97. The Morgan fingerprint density at radius 2 is 1.93 bits per heavy atom. The second-order valence-corrected chi connectivity index (χ2v) is 3.47. The summed E-state index contributed by atoms with van der Waals surface area (Å²) in [5, 5.41) is 11.1. The van der Waals surface area contributed by atoms with Crippen molar-refractivity contribution in [3.8, 4) is 5.75 Å². The van der Waals surface area contributed by atoms with E-state index in [1.165, 1.54) is 7.11 Å². The van der Waals surface area contributed by atoms with Gasteiger partial charge in [0.1, 0.15) is 5.75 Å². The molecule has 4 heteroatoms. The van der Waals surface area contributed by atoms with E-state index in [4.69, 9.17) is 9.84 Å². The van der Waals surface area contributed by atoms with Gasteiger partial charge in [-0.2, -0.15) is 0 Å². The molecule has 4 nitrogen and oxygen atoms in total. The van der Waals surface area contributed by atoms with Gasteiger partial charge in [0.15, 0.2) is 0 Å². The van der Waals surface area contributed by atoms with Gasteiger partial charge in [-0.15, -0.1) is 0 Å². The van der Waals surface area contributed by atoms with Gasteiger partial charge >= 0.3 is 6.09 Å². The molecule has 0 fully saturated rings. The zero-order valence-corrected chi connectivity index (χ0v) is 9.34. The molecule has 15 heavy (non-hydrogen) atoms. The molecule has 1 rings (SSSR count). The van der Waals surface area contributed by atoms with Gasteiger partial charge in [0.25, 0.3) is 0 Å². The van der Waals surface area contributed by atoms with Crippen LogP contribution < -0.4 is 10.1 Å². The Morgan fingerprint density at radius 1 is 1.33 bits per heavy atom. The van der Waals surface area contributed by atoms with E-state index in [1.807, 2.05) is 26.8 Å². The number of anilines is 1. The van der Waals surface area contributed by atoms with E-state index in [1.54, 1.807) is 0 Å². The zero-order valence-electron chi connectivity index (χ0n) is 9.34. The highest BCUT2D eigenvalue weighted by Crippen LogP contribution is 2.33. The first kappa shape index (κ1) is 11.4. The summed E-state index contributed by atoms with van der Waals surface area (Å²) in [4.78, 5) is 10.6. The van der Waals surface area contributed by atoms with Gasteiger partial charge in [-0.05, 0) is 37.5 Å². The van der Waals surface area contributed by atoms with Crippen molar-refractivity contribution in [2.75, 3.05) is 12.4 Å². The van der Waals surface area contributed by atoms with E-state index in [0.29, 0.717) is 11.4 Å². The monoisotopic (exact) mass is 209 g/mol. The molecule has 0 spiro atoms. The van der Waals surface area contributed by atoms with Crippen molar-refractivity contribution in [2.24, 2.45) is 0 Å². The zero-order chi connectivity index (χ0) is 11.6. The molecule has 0 radical (unpaired) electrons. The summed E-state index contributed by atoms with van der Waals surface area (Å²) < 4.78 is 5.21. The maximum Gasteiger partial charge on any atom is 0.409 e. The summed E-state index contributed by atoms with van der Waals surface area (Å²) in [6, 6.07) is 1.93. The van der Waals surface area contributed by atoms with Crippen molar-refractivity contribution < 1.29 is 14.6 Å². The third-order valence-corrected chi connectivity index (χ3v) is 2.42. The lowest BCUT2D eigenvalue weighted by Gasteiger charge is -2.15. The fourth-order valence-electron chi connectivity index (χ4n) is 1.57. The normalized spacial score (nSPS) is 9.87. The van der Waals surface area contributed by atoms with E-state index in [9.17, 15) is 4.79 Å². The maximum absolute atomic E-state index is 10.6. The topological polar surface area (TPSA) is 58.6 Å². The van der Waals surface area contributed by atoms with Gasteiger partial charge in [-0.3, -0.25) is 5.32 Å². The quantitative estimate of drug-likeness (QED) is 0.787. The van der Waals surface area contributed by atoms with Crippen molar-refractivity contribution >= 4 is 11.8 Å². The minimum Gasteiger partial charge on any atom is -0.494 e. The first-order valence-corrected chi connectivity index (χ1v) is 4.62. The SMILES string of the molecule is COc1c(C)c(C)cc(C)c1NC(=O)O. The second kappa shape index (κ2) is 4.21. The van der Waals surface area contributed by atoms with Crippen molar-refractivity contribution in [2.45, 2.75) is 20.8 Å². The van der Waals surface area contributed by atoms with Crippen LogP contribution in [0.3, 0.4) is 0 Å². The lowest BCUT2D eigenvalue weighted by molar-refractivity contribution is 0.209. The van der Waals surface area contributed by atoms with Crippen LogP contribution in [0.2, 0.25) is 0 Å². The second-order valence-electron chi connectivity index (χ2n) is 3.47. The Kier molecular flexibility index (Phi) is 3.19. The number of hydrogen-bond donors (Lipinski definition) is 2. The fourth-order valence-corrected chi connectivity index (χ4v) is 1.57. The van der Waals surface area contributed by atoms with E-state index in [-0.39, 0.29) is 0 Å². The summed E-state index contributed by atoms with van der Waals surface area (Å²) in [6.07, 6.45) is -1.08. The molecule has 0 heterocycles. The van der Waals surface area contributed by atoms with Gasteiger partial charge in [-0.1, -0.05) is 6.07 Å². The lowest BCUT2D eigenvalue weighted by atomic mass is 10.0. The van der Waals surface area contributed by atoms with Crippen molar-refractivity contribution in [3.63, 3.8) is 0 Å². The number of ether oxygens (including phenoxy) is 1. The maximum atomic E-state index is 10.6. The van der Waals surface area contributed by atoms with E-state index < -0.39 is 6.09 Å². The lowest BCUT2D eigenvalue weighted by Crippen LogP contribution is -2.11. The molecular formula is C11H15NO3. The van der Waals surface area contributed by atoms with Crippen LogP contribution in [0.5, 0.6) is 5.75 Å². The van der Waals surface area contributed by atoms with Gasteiger partial charge < -0.3 is 9.84 Å². The molecule has 0 unspecified atom stereocenters. The predicted molar refractivity (Wildman–Crippen MR) is 58.9 cm³/mol. The highest BCUT2D eigenvalue weighted by Gasteiger charge is 2.13. The smallest absolute Gasteiger partial charge is 0.409 e. The number of methoxy groups -OCH3 is 1. The highest BCUT2D eigenvalue weighted by molar-refractivity contribution is 5.87. The molecule has 0 bridgehead atoms. The average Bonchev–Trinajstić information content (AvgIpc) is 2.14. The largest absolute Gasteiger partial charge is 0.494 e. The molecule has 0 saturated heterocycles. The average molecular weight is 209 g/mol. The molecule has 1 amide bonds. The Hall–Kier alpha value is -1.71. The standard InChI is InChI=1S/C11H15NO3/c1-6-5-7(2)9(12-11(13)14)10(15-4)8(6)3/h5,12H,1-4H3,(H,13,14). The van der Waals surface area contributed by atoms with Crippen LogP contribution in [0.1, 0.15) is 16.7 Å². The van der Waals surface area contributed by atoms with Crippen LogP contribution >= 0.6 is 0 Å². The van der Waals surface area contributed by atoms with Crippen molar-refractivity contribution in [1.29, 1.82) is 0 Å². The molecule has 0 aliphatic rings. The first-order valence-electron chi connectivity index (χ1n) is 4.62. The van der Waals surface area contributed by atoms with E-state index >= 15 is 0 Å². The molecular weight excluding hydrogens is 194 g/mol. The molecule has 0 aromatic heterocycles. The molecule has 0 aliphatic carbocycles. The van der Waals surface area contributed by atoms with Crippen LogP contribution in [0.15, 0.2) is 6.07 Å². The number of carboxylic acid groups (broad SMARTS) is 1. The molecule has 1 aromatic rings. The van der Waals surface area contributed by atoms with Crippen LogP contribution in [-0.4, -0.2) is 18.3 Å². The number of amides is 1. The number of benzene rings is 1. The Balaban J connectivity index is 3.35. The molecule has 0 saturated carbocycles. The molecule has 0 aliphatic heterocycles. The predicted octanol–water partition coefficient (Wildman–Crippen LogP) is 2.71. The van der Waals surface area contributed by atoms with Crippen LogP contribution in [0, 0.1) is 20.8 Å². The van der Waals surface area contributed by atoms with Crippen LogP contribution in [0.25, 0.3) is 0 Å². The van der Waals surface area contributed by atoms with Gasteiger partial charge in [0.2, 0.25) is 0 Å². The molecule has 0 atom stereocenters. The Labute approximate surface area is 88.9 Å². The summed E-state index contributed by atoms with van der Waals surface area (Å²) in [5.41, 5.74) is 3.41. The number of rotatable bonds is 2. The van der Waals surface area contributed by atoms with Gasteiger partial charge in [0, 0.05) is 0 Å². The number of nitrogens with one attached hydrogen (secondary N) is 1. The Morgan fingerprint density at radius 3 is 2.40 bits per heavy atom. The van der Waals surface area contributed by atoms with Gasteiger partial charge in [-0.25, -0.2) is 4.79 Å². The third-order valence-electron chi connectivity index (χ3n) is 2.42. The Bertz CT molecular complexity index is 399. The van der Waals surface area contributed by atoms with Crippen molar-refractivity contribution in [3.05, 3.63) is 22.8 Å².